The summed E-state index contributed by atoms with van der Waals surface area (Å²) in [6.45, 7) is 2.04. The lowest BCUT2D eigenvalue weighted by Crippen LogP contribution is -2.18. The number of nitrogens with zero attached hydrogens (tertiary/aromatic N) is 1. The lowest BCUT2D eigenvalue weighted by Gasteiger charge is -2.15. The lowest BCUT2D eigenvalue weighted by molar-refractivity contribution is 0.399. The molecular formula is C11H16N2OS. The van der Waals surface area contributed by atoms with Gasteiger partial charge < -0.3 is 10.1 Å². The van der Waals surface area contributed by atoms with E-state index in [1.54, 1.807) is 7.11 Å². The molecule has 1 N–H and O–H groups in total. The zero-order valence-corrected chi connectivity index (χ0v) is 9.93. The van der Waals surface area contributed by atoms with Gasteiger partial charge in [-0.2, -0.15) is 11.8 Å². The number of pyridine rings is 1. The molecule has 1 aliphatic rings. The van der Waals surface area contributed by atoms with Crippen LogP contribution in [-0.2, 0) is 0 Å². The molecule has 0 radical (unpaired) electrons. The second kappa shape index (κ2) is 4.75. The fourth-order valence-corrected chi connectivity index (χ4v) is 2.84. The summed E-state index contributed by atoms with van der Waals surface area (Å²) in [5, 5.41) is 3.49. The van der Waals surface area contributed by atoms with Crippen LogP contribution in [0.5, 0.6) is 5.88 Å². The molecule has 0 amide bonds. The average molecular weight is 224 g/mol. The fourth-order valence-electron chi connectivity index (χ4n) is 1.69. The predicted molar refractivity (Wildman–Crippen MR) is 64.9 cm³/mol. The molecule has 1 unspecified atom stereocenters. The summed E-state index contributed by atoms with van der Waals surface area (Å²) in [4.78, 5) is 4.25. The van der Waals surface area contributed by atoms with Crippen LogP contribution in [0, 0.1) is 6.92 Å². The van der Waals surface area contributed by atoms with E-state index in [0.717, 1.165) is 11.3 Å². The summed E-state index contributed by atoms with van der Waals surface area (Å²) in [6, 6.07) is 2.65. The van der Waals surface area contributed by atoms with Gasteiger partial charge in [0.15, 0.2) is 0 Å². The van der Waals surface area contributed by atoms with Crippen LogP contribution < -0.4 is 10.1 Å². The minimum Gasteiger partial charge on any atom is -0.480 e. The van der Waals surface area contributed by atoms with Crippen LogP contribution in [0.25, 0.3) is 0 Å². The molecule has 2 heterocycles. The highest BCUT2D eigenvalue weighted by molar-refractivity contribution is 7.99. The van der Waals surface area contributed by atoms with E-state index < -0.39 is 0 Å². The number of hydrogen-bond acceptors (Lipinski definition) is 4. The minimum absolute atomic E-state index is 0.562. The summed E-state index contributed by atoms with van der Waals surface area (Å²) in [7, 11) is 1.66. The maximum absolute atomic E-state index is 5.23. The Balaban J connectivity index is 2.14. The van der Waals surface area contributed by atoms with E-state index in [2.05, 4.69) is 16.4 Å². The van der Waals surface area contributed by atoms with Gasteiger partial charge in [0.1, 0.15) is 0 Å². The van der Waals surface area contributed by atoms with Crippen molar-refractivity contribution in [3.8, 4) is 5.88 Å². The Morgan fingerprint density at radius 2 is 2.47 bits per heavy atom. The van der Waals surface area contributed by atoms with Gasteiger partial charge in [0.2, 0.25) is 5.88 Å². The molecule has 1 saturated heterocycles. The standard InChI is InChI=1S/C11H16N2OS/c1-8-5-10(11(14-2)12-6-8)13-9-3-4-15-7-9/h5-6,9,13H,3-4,7H2,1-2H3. The highest BCUT2D eigenvalue weighted by atomic mass is 32.2. The van der Waals surface area contributed by atoms with Gasteiger partial charge >= 0.3 is 0 Å². The Kier molecular flexibility index (Phi) is 3.36. The number of anilines is 1. The normalized spacial score (nSPS) is 20.3. The van der Waals surface area contributed by atoms with Crippen molar-refractivity contribution < 1.29 is 4.74 Å². The molecule has 0 bridgehead atoms. The number of thioether (sulfide) groups is 1. The molecule has 4 heteroatoms. The van der Waals surface area contributed by atoms with Crippen LogP contribution in [0.1, 0.15) is 12.0 Å². The highest BCUT2D eigenvalue weighted by Gasteiger charge is 2.17. The first-order valence-corrected chi connectivity index (χ1v) is 6.30. The zero-order valence-electron chi connectivity index (χ0n) is 9.12. The summed E-state index contributed by atoms with van der Waals surface area (Å²) < 4.78 is 5.23. The number of rotatable bonds is 3. The molecule has 0 spiro atoms. The SMILES string of the molecule is COc1ncc(C)cc1NC1CCSC1. The van der Waals surface area contributed by atoms with Crippen LogP contribution in [0.2, 0.25) is 0 Å². The monoisotopic (exact) mass is 224 g/mol. The maximum atomic E-state index is 5.23. The molecule has 3 nitrogen and oxygen atoms in total. The number of methoxy groups -OCH3 is 1. The summed E-state index contributed by atoms with van der Waals surface area (Å²) in [6.07, 6.45) is 3.05. The number of nitrogens with one attached hydrogen (secondary N) is 1. The van der Waals surface area contributed by atoms with E-state index in [4.69, 9.17) is 4.74 Å². The molecule has 0 saturated carbocycles. The summed E-state index contributed by atoms with van der Waals surface area (Å²) >= 11 is 2.00. The Labute approximate surface area is 94.6 Å². The van der Waals surface area contributed by atoms with Gasteiger partial charge in [-0.3, -0.25) is 0 Å². The van der Waals surface area contributed by atoms with Crippen LogP contribution in [0.15, 0.2) is 12.3 Å². The van der Waals surface area contributed by atoms with E-state index in [1.807, 2.05) is 24.9 Å². The maximum Gasteiger partial charge on any atom is 0.237 e. The Bertz CT molecular complexity index is 337. The molecule has 0 aromatic carbocycles. The molecule has 0 aliphatic carbocycles. The van der Waals surface area contributed by atoms with Gasteiger partial charge in [0.25, 0.3) is 0 Å². The number of aryl methyl sites for hydroxylation is 1. The molecule has 1 fully saturated rings. The van der Waals surface area contributed by atoms with Gasteiger partial charge in [-0.25, -0.2) is 4.98 Å². The van der Waals surface area contributed by atoms with E-state index in [-0.39, 0.29) is 0 Å². The topological polar surface area (TPSA) is 34.1 Å². The number of hydrogen-bond donors (Lipinski definition) is 1. The van der Waals surface area contributed by atoms with Crippen LogP contribution in [-0.4, -0.2) is 29.6 Å². The fraction of sp³-hybridized carbons (Fsp3) is 0.545. The number of aromatic nitrogens is 1. The van der Waals surface area contributed by atoms with Crippen molar-refractivity contribution in [2.45, 2.75) is 19.4 Å². The lowest BCUT2D eigenvalue weighted by atomic mass is 10.2. The molecule has 2 rings (SSSR count). The predicted octanol–water partition coefficient (Wildman–Crippen LogP) is 2.32. The average Bonchev–Trinajstić information content (AvgIpc) is 2.71. The number of ether oxygens (including phenoxy) is 1. The van der Waals surface area contributed by atoms with Crippen LogP contribution in [0.4, 0.5) is 5.69 Å². The smallest absolute Gasteiger partial charge is 0.237 e. The molecule has 1 aromatic rings. The van der Waals surface area contributed by atoms with Crippen molar-refractivity contribution in [2.24, 2.45) is 0 Å². The molecule has 15 heavy (non-hydrogen) atoms. The second-order valence-corrected chi connectivity index (χ2v) is 4.92. The second-order valence-electron chi connectivity index (χ2n) is 3.77. The van der Waals surface area contributed by atoms with E-state index >= 15 is 0 Å². The van der Waals surface area contributed by atoms with Crippen molar-refractivity contribution in [3.05, 3.63) is 17.8 Å². The van der Waals surface area contributed by atoms with Crippen LogP contribution in [0.3, 0.4) is 0 Å². The first-order valence-electron chi connectivity index (χ1n) is 5.14. The van der Waals surface area contributed by atoms with Gasteiger partial charge in [0, 0.05) is 18.0 Å². The van der Waals surface area contributed by atoms with Gasteiger partial charge in [-0.05, 0) is 30.7 Å². The zero-order chi connectivity index (χ0) is 10.7. The third-order valence-corrected chi connectivity index (χ3v) is 3.63. The summed E-state index contributed by atoms with van der Waals surface area (Å²) in [5.74, 6) is 3.12. The first kappa shape index (κ1) is 10.6. The van der Waals surface area contributed by atoms with Crippen molar-refractivity contribution >= 4 is 17.4 Å². The van der Waals surface area contributed by atoms with Crippen molar-refractivity contribution in [3.63, 3.8) is 0 Å². The van der Waals surface area contributed by atoms with Crippen molar-refractivity contribution in [1.82, 2.24) is 4.98 Å². The third kappa shape index (κ3) is 2.56. The first-order chi connectivity index (χ1) is 7.29. The Morgan fingerprint density at radius 1 is 1.60 bits per heavy atom. The Morgan fingerprint density at radius 3 is 3.13 bits per heavy atom. The third-order valence-electron chi connectivity index (χ3n) is 2.47. The minimum atomic E-state index is 0.562. The molecular weight excluding hydrogens is 208 g/mol. The molecule has 1 aromatic heterocycles. The van der Waals surface area contributed by atoms with Gasteiger partial charge in [-0.1, -0.05) is 0 Å². The highest BCUT2D eigenvalue weighted by Crippen LogP contribution is 2.26. The van der Waals surface area contributed by atoms with Crippen LogP contribution >= 0.6 is 11.8 Å². The largest absolute Gasteiger partial charge is 0.480 e. The van der Waals surface area contributed by atoms with Crippen molar-refractivity contribution in [1.29, 1.82) is 0 Å². The van der Waals surface area contributed by atoms with Crippen molar-refractivity contribution in [2.75, 3.05) is 23.9 Å². The Hall–Kier alpha value is -0.900. The summed E-state index contributed by atoms with van der Waals surface area (Å²) in [5.41, 5.74) is 2.17. The molecule has 1 atom stereocenters. The quantitative estimate of drug-likeness (QED) is 0.854. The molecule has 1 aliphatic heterocycles. The van der Waals surface area contributed by atoms with Gasteiger partial charge in [0.05, 0.1) is 12.8 Å². The van der Waals surface area contributed by atoms with Gasteiger partial charge in [-0.15, -0.1) is 0 Å². The van der Waals surface area contributed by atoms with E-state index in [0.29, 0.717) is 11.9 Å². The molecule has 82 valence electrons. The van der Waals surface area contributed by atoms with E-state index in [9.17, 15) is 0 Å². The van der Waals surface area contributed by atoms with E-state index in [1.165, 1.54) is 17.9 Å².